The lowest BCUT2D eigenvalue weighted by molar-refractivity contribution is -0.121. The number of rotatable bonds is 5. The molecule has 1 fully saturated rings. The molecule has 8 heteroatoms. The maximum absolute atomic E-state index is 12.2. The number of thioether (sulfide) groups is 1. The van der Waals surface area contributed by atoms with Gasteiger partial charge in [-0.25, -0.2) is 9.69 Å². The fraction of sp³-hybridized carbons (Fsp3) is 0.357. The van der Waals surface area contributed by atoms with E-state index in [4.69, 9.17) is 5.73 Å². The molecule has 6 nitrogen and oxygen atoms in total. The number of anilines is 1. The molecule has 1 unspecified atom stereocenters. The number of methoxy groups -OCH3 is 1. The van der Waals surface area contributed by atoms with E-state index in [1.54, 1.807) is 12.1 Å². The molecular weight excluding hydrogens is 328 g/mol. The van der Waals surface area contributed by atoms with Gasteiger partial charge in [0.1, 0.15) is 0 Å². The highest BCUT2D eigenvalue weighted by Crippen LogP contribution is 2.29. The van der Waals surface area contributed by atoms with Crippen molar-refractivity contribution in [3.63, 3.8) is 0 Å². The monoisotopic (exact) mass is 344 g/mol. The van der Waals surface area contributed by atoms with Crippen LogP contribution in [0.15, 0.2) is 24.3 Å². The standard InChI is InChI=1S/C14H16N2O4S.ClH/c1-20-14(19)9-2-4-10(5-3-9)16-12(17)8-11(13(16)18)21-7-6-15;/h2-5,11H,6-8,15H2,1H3;1H. The predicted molar refractivity (Wildman–Crippen MR) is 87.4 cm³/mol. The maximum Gasteiger partial charge on any atom is 0.337 e. The average Bonchev–Trinajstić information content (AvgIpc) is 2.79. The minimum atomic E-state index is -0.461. The summed E-state index contributed by atoms with van der Waals surface area (Å²) in [6, 6.07) is 6.19. The van der Waals surface area contributed by atoms with Crippen LogP contribution in [0.3, 0.4) is 0 Å². The molecule has 120 valence electrons. The van der Waals surface area contributed by atoms with Gasteiger partial charge in [-0.3, -0.25) is 9.59 Å². The second-order valence-electron chi connectivity index (χ2n) is 4.46. The van der Waals surface area contributed by atoms with Crippen molar-refractivity contribution in [2.45, 2.75) is 11.7 Å². The number of carbonyl (C=O) groups excluding carboxylic acids is 3. The average molecular weight is 345 g/mol. The van der Waals surface area contributed by atoms with Crippen LogP contribution < -0.4 is 10.6 Å². The Balaban J connectivity index is 0.00000242. The predicted octanol–water partition coefficient (Wildman–Crippen LogP) is 1.22. The maximum atomic E-state index is 12.2. The quantitative estimate of drug-likeness (QED) is 0.638. The van der Waals surface area contributed by atoms with Crippen molar-refractivity contribution in [3.8, 4) is 0 Å². The highest BCUT2D eigenvalue weighted by Gasteiger charge is 2.39. The Bertz CT molecular complexity index is 564. The second-order valence-corrected chi connectivity index (χ2v) is 5.77. The zero-order valence-corrected chi connectivity index (χ0v) is 13.6. The van der Waals surface area contributed by atoms with E-state index in [2.05, 4.69) is 4.74 Å². The molecule has 1 heterocycles. The van der Waals surface area contributed by atoms with E-state index in [1.807, 2.05) is 0 Å². The molecule has 0 aromatic heterocycles. The smallest absolute Gasteiger partial charge is 0.337 e. The Labute approximate surface area is 138 Å². The summed E-state index contributed by atoms with van der Waals surface area (Å²) < 4.78 is 4.60. The van der Waals surface area contributed by atoms with Crippen LogP contribution in [0, 0.1) is 0 Å². The molecule has 0 spiro atoms. The first-order chi connectivity index (χ1) is 10.1. The molecular formula is C14H17ClN2O4S. The summed E-state index contributed by atoms with van der Waals surface area (Å²) in [5.41, 5.74) is 6.25. The summed E-state index contributed by atoms with van der Waals surface area (Å²) in [7, 11) is 1.29. The second kappa shape index (κ2) is 8.17. The summed E-state index contributed by atoms with van der Waals surface area (Å²) in [6.45, 7) is 0.469. The van der Waals surface area contributed by atoms with E-state index in [9.17, 15) is 14.4 Å². The minimum absolute atomic E-state index is 0. The number of nitrogens with two attached hydrogens (primary N) is 1. The summed E-state index contributed by atoms with van der Waals surface area (Å²) in [6.07, 6.45) is 0.183. The van der Waals surface area contributed by atoms with E-state index in [-0.39, 0.29) is 35.9 Å². The van der Waals surface area contributed by atoms with Crippen LogP contribution in [0.5, 0.6) is 0 Å². The molecule has 0 aliphatic carbocycles. The summed E-state index contributed by atoms with van der Waals surface area (Å²) in [4.78, 5) is 36.8. The van der Waals surface area contributed by atoms with Gasteiger partial charge >= 0.3 is 5.97 Å². The fourth-order valence-electron chi connectivity index (χ4n) is 2.08. The lowest BCUT2D eigenvalue weighted by Crippen LogP contribution is -2.31. The summed E-state index contributed by atoms with van der Waals surface area (Å²) >= 11 is 1.39. The molecule has 0 bridgehead atoms. The lowest BCUT2D eigenvalue weighted by Gasteiger charge is -2.15. The number of hydrogen-bond acceptors (Lipinski definition) is 6. The van der Waals surface area contributed by atoms with Gasteiger partial charge in [-0.2, -0.15) is 0 Å². The number of carbonyl (C=O) groups is 3. The number of benzene rings is 1. The molecule has 1 aromatic carbocycles. The first-order valence-electron chi connectivity index (χ1n) is 6.45. The van der Waals surface area contributed by atoms with Crippen molar-refractivity contribution in [1.82, 2.24) is 0 Å². The molecule has 0 radical (unpaired) electrons. The molecule has 2 amide bonds. The van der Waals surface area contributed by atoms with Crippen molar-refractivity contribution in [2.75, 3.05) is 24.3 Å². The molecule has 1 aliphatic rings. The van der Waals surface area contributed by atoms with E-state index >= 15 is 0 Å². The highest BCUT2D eigenvalue weighted by atomic mass is 35.5. The van der Waals surface area contributed by atoms with Gasteiger partial charge < -0.3 is 10.5 Å². The number of nitrogens with zero attached hydrogens (tertiary/aromatic N) is 1. The first kappa shape index (κ1) is 18.5. The Kier molecular flexibility index (Phi) is 6.86. The van der Waals surface area contributed by atoms with Crippen LogP contribution in [0.1, 0.15) is 16.8 Å². The number of imide groups is 1. The molecule has 2 N–H and O–H groups in total. The lowest BCUT2D eigenvalue weighted by atomic mass is 10.2. The van der Waals surface area contributed by atoms with Crippen LogP contribution in [0.4, 0.5) is 5.69 Å². The number of hydrogen-bond donors (Lipinski definition) is 1. The zero-order chi connectivity index (χ0) is 15.4. The molecule has 1 saturated heterocycles. The third kappa shape index (κ3) is 3.79. The number of ether oxygens (including phenoxy) is 1. The van der Waals surface area contributed by atoms with Gasteiger partial charge in [0.15, 0.2) is 0 Å². The molecule has 1 aliphatic heterocycles. The van der Waals surface area contributed by atoms with Gasteiger partial charge in [-0.1, -0.05) is 0 Å². The number of esters is 1. The van der Waals surface area contributed by atoms with E-state index < -0.39 is 5.97 Å². The number of amides is 2. The van der Waals surface area contributed by atoms with Crippen molar-refractivity contribution < 1.29 is 19.1 Å². The van der Waals surface area contributed by atoms with Gasteiger partial charge in [-0.05, 0) is 24.3 Å². The van der Waals surface area contributed by atoms with Crippen molar-refractivity contribution in [1.29, 1.82) is 0 Å². The van der Waals surface area contributed by atoms with E-state index in [0.29, 0.717) is 23.5 Å². The third-order valence-corrected chi connectivity index (χ3v) is 4.33. The van der Waals surface area contributed by atoms with Gasteiger partial charge in [-0.15, -0.1) is 24.2 Å². The topological polar surface area (TPSA) is 89.7 Å². The Morgan fingerprint density at radius 3 is 2.55 bits per heavy atom. The zero-order valence-electron chi connectivity index (χ0n) is 12.0. The molecule has 1 atom stereocenters. The van der Waals surface area contributed by atoms with Gasteiger partial charge in [0.25, 0.3) is 0 Å². The van der Waals surface area contributed by atoms with E-state index in [1.165, 1.54) is 31.0 Å². The van der Waals surface area contributed by atoms with Crippen LogP contribution in [0.2, 0.25) is 0 Å². The molecule has 0 saturated carbocycles. The largest absolute Gasteiger partial charge is 0.465 e. The third-order valence-electron chi connectivity index (χ3n) is 3.09. The molecule has 1 aromatic rings. The Morgan fingerprint density at radius 1 is 1.36 bits per heavy atom. The number of halogens is 1. The van der Waals surface area contributed by atoms with Crippen LogP contribution in [-0.4, -0.2) is 42.4 Å². The van der Waals surface area contributed by atoms with Gasteiger partial charge in [0, 0.05) is 18.7 Å². The van der Waals surface area contributed by atoms with Crippen molar-refractivity contribution in [2.24, 2.45) is 5.73 Å². The molecule has 22 heavy (non-hydrogen) atoms. The van der Waals surface area contributed by atoms with Crippen molar-refractivity contribution >= 4 is 47.6 Å². The van der Waals surface area contributed by atoms with Gasteiger partial charge in [0.05, 0.1) is 23.6 Å². The highest BCUT2D eigenvalue weighted by molar-refractivity contribution is 8.00. The summed E-state index contributed by atoms with van der Waals surface area (Å²) in [5, 5.41) is -0.374. The van der Waals surface area contributed by atoms with Crippen molar-refractivity contribution in [3.05, 3.63) is 29.8 Å². The summed E-state index contributed by atoms with van der Waals surface area (Å²) in [5.74, 6) is -0.291. The van der Waals surface area contributed by atoms with Crippen LogP contribution in [0.25, 0.3) is 0 Å². The molecule has 2 rings (SSSR count). The van der Waals surface area contributed by atoms with E-state index in [0.717, 1.165) is 4.90 Å². The fourth-order valence-corrected chi connectivity index (χ4v) is 3.01. The normalized spacial score (nSPS) is 17.4. The minimum Gasteiger partial charge on any atom is -0.465 e. The van der Waals surface area contributed by atoms with Crippen LogP contribution in [-0.2, 0) is 14.3 Å². The Morgan fingerprint density at radius 2 is 2.00 bits per heavy atom. The Hall–Kier alpha value is -1.57. The van der Waals surface area contributed by atoms with Gasteiger partial charge in [0.2, 0.25) is 11.8 Å². The first-order valence-corrected chi connectivity index (χ1v) is 7.50. The van der Waals surface area contributed by atoms with Crippen LogP contribution >= 0.6 is 24.2 Å². The SMILES string of the molecule is COC(=O)c1ccc(N2C(=O)CC(SCCN)C2=O)cc1.Cl.